The predicted molar refractivity (Wildman–Crippen MR) is 103 cm³/mol. The topological polar surface area (TPSA) is 90.7 Å². The Bertz CT molecular complexity index is 841. The van der Waals surface area contributed by atoms with Crippen LogP contribution < -0.4 is 14.8 Å². The van der Waals surface area contributed by atoms with Crippen LogP contribution in [0.2, 0.25) is 5.02 Å². The third kappa shape index (κ3) is 5.10. The number of ether oxygens (including phenoxy) is 2. The van der Waals surface area contributed by atoms with Gasteiger partial charge in [-0.3, -0.25) is 14.9 Å². The lowest BCUT2D eigenvalue weighted by molar-refractivity contribution is -0.384. The number of carbonyl (C=O) groups excluding carboxylic acids is 1. The number of nitrogens with zero attached hydrogens (tertiary/aromatic N) is 1. The molecule has 7 nitrogen and oxygen atoms in total. The van der Waals surface area contributed by atoms with E-state index in [0.717, 1.165) is 11.6 Å². The molecule has 1 atom stereocenters. The summed E-state index contributed by atoms with van der Waals surface area (Å²) >= 11 is 5.79. The highest BCUT2D eigenvalue weighted by Crippen LogP contribution is 2.31. The van der Waals surface area contributed by atoms with E-state index < -0.39 is 10.8 Å². The summed E-state index contributed by atoms with van der Waals surface area (Å²) in [6.45, 7) is 6.58. The third-order valence-electron chi connectivity index (χ3n) is 3.82. The molecule has 144 valence electrons. The summed E-state index contributed by atoms with van der Waals surface area (Å²) in [5.74, 6) is 0.796. The van der Waals surface area contributed by atoms with Gasteiger partial charge in [-0.05, 0) is 50.6 Å². The van der Waals surface area contributed by atoms with Crippen LogP contribution in [0.3, 0.4) is 0 Å². The van der Waals surface area contributed by atoms with Crippen LogP contribution in [0, 0.1) is 10.1 Å². The third-order valence-corrected chi connectivity index (χ3v) is 4.14. The van der Waals surface area contributed by atoms with Crippen molar-refractivity contribution in [1.82, 2.24) is 5.32 Å². The Balaban J connectivity index is 2.20. The molecule has 27 heavy (non-hydrogen) atoms. The van der Waals surface area contributed by atoms with Gasteiger partial charge in [0.25, 0.3) is 11.6 Å². The predicted octanol–water partition coefficient (Wildman–Crippen LogP) is 4.54. The van der Waals surface area contributed by atoms with Gasteiger partial charge in [-0.15, -0.1) is 0 Å². The van der Waals surface area contributed by atoms with E-state index in [1.165, 1.54) is 12.1 Å². The zero-order valence-electron chi connectivity index (χ0n) is 15.3. The minimum Gasteiger partial charge on any atom is -0.490 e. The van der Waals surface area contributed by atoms with Crippen LogP contribution in [0.15, 0.2) is 36.4 Å². The van der Waals surface area contributed by atoms with Crippen LogP contribution in [-0.2, 0) is 0 Å². The molecular formula is C19H21ClN2O5. The van der Waals surface area contributed by atoms with E-state index in [2.05, 4.69) is 5.32 Å². The molecule has 2 aromatic carbocycles. The summed E-state index contributed by atoms with van der Waals surface area (Å²) in [6.07, 6.45) is 0. The van der Waals surface area contributed by atoms with Gasteiger partial charge < -0.3 is 14.8 Å². The Kier molecular flexibility index (Phi) is 7.01. The van der Waals surface area contributed by atoms with Gasteiger partial charge in [0.05, 0.1) is 24.2 Å². The van der Waals surface area contributed by atoms with Crippen molar-refractivity contribution in [3.05, 3.63) is 62.7 Å². The molecule has 8 heteroatoms. The zero-order chi connectivity index (χ0) is 20.0. The second kappa shape index (κ2) is 9.23. The maximum Gasteiger partial charge on any atom is 0.288 e. The van der Waals surface area contributed by atoms with Crippen LogP contribution in [-0.4, -0.2) is 24.0 Å². The highest BCUT2D eigenvalue weighted by Gasteiger charge is 2.18. The van der Waals surface area contributed by atoms with Crippen molar-refractivity contribution < 1.29 is 19.2 Å². The van der Waals surface area contributed by atoms with Gasteiger partial charge in [-0.25, -0.2) is 0 Å². The van der Waals surface area contributed by atoms with Crippen LogP contribution in [0.25, 0.3) is 0 Å². The SMILES string of the molecule is CCOc1ccc([C@H](C)NC(=O)c2ccc(Cl)c([N+](=O)[O-])c2)cc1OCC. The minimum absolute atomic E-state index is 0.0162. The van der Waals surface area contributed by atoms with E-state index in [4.69, 9.17) is 21.1 Å². The van der Waals surface area contributed by atoms with E-state index in [1.54, 1.807) is 6.07 Å². The number of hydrogen-bond acceptors (Lipinski definition) is 5. The zero-order valence-corrected chi connectivity index (χ0v) is 16.1. The van der Waals surface area contributed by atoms with Crippen LogP contribution >= 0.6 is 11.6 Å². The second-order valence-corrected chi connectivity index (χ2v) is 6.10. The number of amides is 1. The maximum absolute atomic E-state index is 12.5. The number of benzene rings is 2. The maximum atomic E-state index is 12.5. The molecule has 0 radical (unpaired) electrons. The number of nitrogens with one attached hydrogen (secondary N) is 1. The van der Waals surface area contributed by atoms with E-state index in [0.29, 0.717) is 24.7 Å². The fourth-order valence-electron chi connectivity index (χ4n) is 2.49. The Morgan fingerprint density at radius 3 is 2.44 bits per heavy atom. The van der Waals surface area contributed by atoms with Gasteiger partial charge in [-0.2, -0.15) is 0 Å². The normalized spacial score (nSPS) is 11.6. The van der Waals surface area contributed by atoms with E-state index in [1.807, 2.05) is 32.9 Å². The fourth-order valence-corrected chi connectivity index (χ4v) is 2.68. The van der Waals surface area contributed by atoms with E-state index >= 15 is 0 Å². The summed E-state index contributed by atoms with van der Waals surface area (Å²) in [5.41, 5.74) is 0.671. The number of nitro benzene ring substituents is 1. The Morgan fingerprint density at radius 1 is 1.15 bits per heavy atom. The minimum atomic E-state index is -0.622. The van der Waals surface area contributed by atoms with Crippen molar-refractivity contribution >= 4 is 23.2 Å². The molecule has 0 spiro atoms. The van der Waals surface area contributed by atoms with Crippen LogP contribution in [0.1, 0.15) is 42.7 Å². The number of nitro groups is 1. The fraction of sp³-hybridized carbons (Fsp3) is 0.316. The molecule has 0 fully saturated rings. The average Bonchev–Trinajstić information content (AvgIpc) is 2.63. The van der Waals surface area contributed by atoms with Gasteiger partial charge in [0.1, 0.15) is 5.02 Å². The summed E-state index contributed by atoms with van der Waals surface area (Å²) in [4.78, 5) is 22.8. The van der Waals surface area contributed by atoms with Crippen molar-refractivity contribution in [3.63, 3.8) is 0 Å². The van der Waals surface area contributed by atoms with Gasteiger partial charge in [-0.1, -0.05) is 17.7 Å². The first-order valence-electron chi connectivity index (χ1n) is 8.51. The lowest BCUT2D eigenvalue weighted by Gasteiger charge is -2.17. The van der Waals surface area contributed by atoms with E-state index in [-0.39, 0.29) is 22.3 Å². The lowest BCUT2D eigenvalue weighted by Crippen LogP contribution is -2.26. The first kappa shape index (κ1) is 20.5. The first-order chi connectivity index (χ1) is 12.9. The highest BCUT2D eigenvalue weighted by atomic mass is 35.5. The number of rotatable bonds is 8. The van der Waals surface area contributed by atoms with Crippen LogP contribution in [0.4, 0.5) is 5.69 Å². The molecule has 2 aromatic rings. The number of hydrogen-bond donors (Lipinski definition) is 1. The Labute approximate surface area is 162 Å². The number of halogens is 1. The molecule has 0 saturated carbocycles. The van der Waals surface area contributed by atoms with Crippen molar-refractivity contribution in [1.29, 1.82) is 0 Å². The summed E-state index contributed by atoms with van der Waals surface area (Å²) < 4.78 is 11.1. The van der Waals surface area contributed by atoms with E-state index in [9.17, 15) is 14.9 Å². The quantitative estimate of drug-likeness (QED) is 0.526. The molecule has 0 aliphatic heterocycles. The molecule has 0 unspecified atom stereocenters. The molecular weight excluding hydrogens is 372 g/mol. The largest absolute Gasteiger partial charge is 0.490 e. The molecule has 0 heterocycles. The summed E-state index contributed by atoms with van der Waals surface area (Å²) in [6, 6.07) is 9.03. The summed E-state index contributed by atoms with van der Waals surface area (Å²) in [5, 5.41) is 13.8. The first-order valence-corrected chi connectivity index (χ1v) is 8.89. The van der Waals surface area contributed by atoms with Gasteiger partial charge >= 0.3 is 0 Å². The second-order valence-electron chi connectivity index (χ2n) is 5.69. The van der Waals surface area contributed by atoms with Crippen molar-refractivity contribution in [2.75, 3.05) is 13.2 Å². The smallest absolute Gasteiger partial charge is 0.288 e. The molecule has 0 aliphatic carbocycles. The van der Waals surface area contributed by atoms with Crippen molar-refractivity contribution in [3.8, 4) is 11.5 Å². The molecule has 0 saturated heterocycles. The summed E-state index contributed by atoms with van der Waals surface area (Å²) in [7, 11) is 0. The number of carbonyl (C=O) groups is 1. The Morgan fingerprint density at radius 2 is 1.81 bits per heavy atom. The molecule has 2 rings (SSSR count). The highest BCUT2D eigenvalue weighted by molar-refractivity contribution is 6.32. The molecule has 1 amide bonds. The molecule has 1 N–H and O–H groups in total. The molecule has 0 bridgehead atoms. The monoisotopic (exact) mass is 392 g/mol. The van der Waals surface area contributed by atoms with Gasteiger partial charge in [0, 0.05) is 11.6 Å². The lowest BCUT2D eigenvalue weighted by atomic mass is 10.1. The standard InChI is InChI=1S/C19H21ClN2O5/c1-4-26-17-9-7-13(11-18(17)27-5-2)12(3)21-19(23)14-6-8-15(20)16(10-14)22(24)25/h6-12H,4-5H2,1-3H3,(H,21,23)/t12-/m0/s1. The molecule has 0 aliphatic rings. The van der Waals surface area contributed by atoms with Crippen molar-refractivity contribution in [2.24, 2.45) is 0 Å². The van der Waals surface area contributed by atoms with Gasteiger partial charge in [0.2, 0.25) is 0 Å². The Hall–Kier alpha value is -2.80. The van der Waals surface area contributed by atoms with Crippen molar-refractivity contribution in [2.45, 2.75) is 26.8 Å². The average molecular weight is 393 g/mol. The van der Waals surface area contributed by atoms with Crippen LogP contribution in [0.5, 0.6) is 11.5 Å². The molecule has 0 aromatic heterocycles. The van der Waals surface area contributed by atoms with Gasteiger partial charge in [0.15, 0.2) is 11.5 Å².